The molecule has 0 fully saturated rings. The minimum absolute atomic E-state index is 0.0460. The Morgan fingerprint density at radius 2 is 1.74 bits per heavy atom. The molecule has 0 heterocycles. The van der Waals surface area contributed by atoms with Crippen LogP contribution in [0.15, 0.2) is 24.3 Å². The summed E-state index contributed by atoms with van der Waals surface area (Å²) in [5.41, 5.74) is 1.65. The molecule has 0 unspecified atom stereocenters. The number of Topliss-reactive ketones (excluding diaryl/α,β-unsaturated/α-hetero) is 1. The Bertz CT molecular complexity index is 513. The van der Waals surface area contributed by atoms with Gasteiger partial charge < -0.3 is 0 Å². The molecule has 0 aliphatic carbocycles. The number of benzene rings is 1. The van der Waals surface area contributed by atoms with Crippen molar-refractivity contribution in [2.45, 2.75) is 33.6 Å². The lowest BCUT2D eigenvalue weighted by Gasteiger charge is -2.07. The number of rotatable bonds is 7. The van der Waals surface area contributed by atoms with Gasteiger partial charge in [0.15, 0.2) is 15.6 Å². The van der Waals surface area contributed by atoms with Crippen molar-refractivity contribution in [3.63, 3.8) is 0 Å². The summed E-state index contributed by atoms with van der Waals surface area (Å²) in [6, 6.07) is 7.23. The van der Waals surface area contributed by atoms with E-state index >= 15 is 0 Å². The van der Waals surface area contributed by atoms with Crippen LogP contribution in [0.1, 0.15) is 43.1 Å². The zero-order valence-corrected chi connectivity index (χ0v) is 12.7. The molecular formula is C15H22O3S. The molecule has 1 aromatic carbocycles. The molecule has 0 N–H and O–H groups in total. The topological polar surface area (TPSA) is 51.2 Å². The van der Waals surface area contributed by atoms with Crippen molar-refractivity contribution in [3.05, 3.63) is 35.4 Å². The van der Waals surface area contributed by atoms with Gasteiger partial charge in [0.25, 0.3) is 0 Å². The second kappa shape index (κ2) is 6.85. The molecule has 3 nitrogen and oxygen atoms in total. The molecule has 0 spiro atoms. The summed E-state index contributed by atoms with van der Waals surface area (Å²) in [5.74, 6) is -0.598. The first kappa shape index (κ1) is 15.9. The molecular weight excluding hydrogens is 260 g/mol. The van der Waals surface area contributed by atoms with E-state index in [0.717, 1.165) is 12.8 Å². The fraction of sp³-hybridized carbons (Fsp3) is 0.533. The average Bonchev–Trinajstić information content (AvgIpc) is 2.27. The van der Waals surface area contributed by atoms with Crippen molar-refractivity contribution in [1.29, 1.82) is 0 Å². The molecule has 1 aromatic rings. The number of carbonyl (C=O) groups excluding carboxylic acids is 1. The van der Waals surface area contributed by atoms with E-state index in [-0.39, 0.29) is 17.5 Å². The molecule has 0 bridgehead atoms. The van der Waals surface area contributed by atoms with E-state index in [9.17, 15) is 13.2 Å². The van der Waals surface area contributed by atoms with Crippen molar-refractivity contribution in [3.8, 4) is 0 Å². The second-order valence-corrected chi connectivity index (χ2v) is 7.43. The Morgan fingerprint density at radius 3 is 2.21 bits per heavy atom. The summed E-state index contributed by atoms with van der Waals surface area (Å²) < 4.78 is 23.5. The van der Waals surface area contributed by atoms with Crippen LogP contribution in [-0.4, -0.2) is 25.7 Å². The van der Waals surface area contributed by atoms with Gasteiger partial charge in [-0.15, -0.1) is 0 Å². The molecule has 0 aromatic heterocycles. The van der Waals surface area contributed by atoms with Gasteiger partial charge >= 0.3 is 0 Å². The molecule has 0 saturated heterocycles. The molecule has 0 radical (unpaired) electrons. The number of sulfone groups is 1. The highest BCUT2D eigenvalue weighted by Crippen LogP contribution is 2.10. The van der Waals surface area contributed by atoms with E-state index in [1.54, 1.807) is 12.1 Å². The van der Waals surface area contributed by atoms with Crippen molar-refractivity contribution >= 4 is 15.6 Å². The van der Waals surface area contributed by atoms with Gasteiger partial charge in [0, 0.05) is 5.56 Å². The van der Waals surface area contributed by atoms with Crippen LogP contribution in [-0.2, 0) is 16.3 Å². The summed E-state index contributed by atoms with van der Waals surface area (Å²) in [7, 11) is -3.30. The lowest BCUT2D eigenvalue weighted by atomic mass is 10.1. The zero-order valence-electron chi connectivity index (χ0n) is 11.8. The smallest absolute Gasteiger partial charge is 0.177 e. The van der Waals surface area contributed by atoms with Crippen LogP contribution in [0.25, 0.3) is 0 Å². The van der Waals surface area contributed by atoms with E-state index in [4.69, 9.17) is 0 Å². The van der Waals surface area contributed by atoms with E-state index in [0.29, 0.717) is 5.56 Å². The molecule has 0 saturated carbocycles. The molecule has 1 rings (SSSR count). The summed E-state index contributed by atoms with van der Waals surface area (Å²) in [4.78, 5) is 11.9. The standard InChI is InChI=1S/C15H22O3S/c1-4-5-13-6-8-14(9-7-13)15(16)11-19(17,18)10-12(2)3/h6-9,12H,4-5,10-11H2,1-3H3. The van der Waals surface area contributed by atoms with Gasteiger partial charge in [0.05, 0.1) is 5.75 Å². The van der Waals surface area contributed by atoms with Crippen molar-refractivity contribution < 1.29 is 13.2 Å². The molecule has 0 aliphatic rings. The molecule has 19 heavy (non-hydrogen) atoms. The molecule has 106 valence electrons. The summed E-state index contributed by atoms with van der Waals surface area (Å²) in [5, 5.41) is 0. The minimum Gasteiger partial charge on any atom is -0.293 e. The highest BCUT2D eigenvalue weighted by Gasteiger charge is 2.19. The largest absolute Gasteiger partial charge is 0.293 e. The van der Waals surface area contributed by atoms with Gasteiger partial charge in [0.2, 0.25) is 0 Å². The summed E-state index contributed by atoms with van der Waals surface area (Å²) >= 11 is 0. The maximum Gasteiger partial charge on any atom is 0.177 e. The Morgan fingerprint density at radius 1 is 1.16 bits per heavy atom. The molecule has 0 atom stereocenters. The van der Waals surface area contributed by atoms with Crippen LogP contribution in [0.2, 0.25) is 0 Å². The van der Waals surface area contributed by atoms with Crippen LogP contribution in [0, 0.1) is 5.92 Å². The second-order valence-electron chi connectivity index (χ2n) is 5.32. The van der Waals surface area contributed by atoms with E-state index < -0.39 is 15.6 Å². The number of hydrogen-bond acceptors (Lipinski definition) is 3. The lowest BCUT2D eigenvalue weighted by Crippen LogP contribution is -2.21. The van der Waals surface area contributed by atoms with Crippen LogP contribution >= 0.6 is 0 Å². The van der Waals surface area contributed by atoms with E-state index in [1.807, 2.05) is 26.0 Å². The zero-order chi connectivity index (χ0) is 14.5. The molecule has 0 aliphatic heterocycles. The van der Waals surface area contributed by atoms with Gasteiger partial charge in [-0.05, 0) is 17.9 Å². The SMILES string of the molecule is CCCc1ccc(C(=O)CS(=O)(=O)CC(C)C)cc1. The normalized spacial score (nSPS) is 11.8. The summed E-state index contributed by atoms with van der Waals surface area (Å²) in [6.07, 6.45) is 2.02. The first-order chi connectivity index (χ1) is 8.84. The Kier molecular flexibility index (Phi) is 5.73. The van der Waals surface area contributed by atoms with E-state index in [2.05, 4.69) is 6.92 Å². The van der Waals surface area contributed by atoms with Crippen LogP contribution in [0.3, 0.4) is 0 Å². The third-order valence-electron chi connectivity index (χ3n) is 2.75. The number of aryl methyl sites for hydroxylation is 1. The Balaban J connectivity index is 2.73. The maximum atomic E-state index is 11.9. The van der Waals surface area contributed by atoms with Gasteiger partial charge in [-0.2, -0.15) is 0 Å². The van der Waals surface area contributed by atoms with Gasteiger partial charge in [-0.1, -0.05) is 51.5 Å². The predicted molar refractivity (Wildman–Crippen MR) is 78.3 cm³/mol. The van der Waals surface area contributed by atoms with Crippen molar-refractivity contribution in [1.82, 2.24) is 0 Å². The van der Waals surface area contributed by atoms with Crippen LogP contribution < -0.4 is 0 Å². The van der Waals surface area contributed by atoms with Crippen LogP contribution in [0.5, 0.6) is 0 Å². The number of hydrogen-bond donors (Lipinski definition) is 0. The first-order valence-electron chi connectivity index (χ1n) is 6.66. The summed E-state index contributed by atoms with van der Waals surface area (Å²) in [6.45, 7) is 5.76. The molecule has 0 amide bonds. The third-order valence-corrected chi connectivity index (χ3v) is 4.63. The minimum atomic E-state index is -3.30. The maximum absolute atomic E-state index is 11.9. The Labute approximate surface area is 116 Å². The monoisotopic (exact) mass is 282 g/mol. The van der Waals surface area contributed by atoms with Crippen molar-refractivity contribution in [2.75, 3.05) is 11.5 Å². The molecule has 4 heteroatoms. The lowest BCUT2D eigenvalue weighted by molar-refractivity contribution is 0.102. The Hall–Kier alpha value is -1.16. The van der Waals surface area contributed by atoms with E-state index in [1.165, 1.54) is 5.56 Å². The fourth-order valence-electron chi connectivity index (χ4n) is 2.00. The van der Waals surface area contributed by atoms with Gasteiger partial charge in [0.1, 0.15) is 5.75 Å². The number of carbonyl (C=O) groups is 1. The van der Waals surface area contributed by atoms with Crippen molar-refractivity contribution in [2.24, 2.45) is 5.92 Å². The first-order valence-corrected chi connectivity index (χ1v) is 8.48. The quantitative estimate of drug-likeness (QED) is 0.723. The predicted octanol–water partition coefficient (Wildman–Crippen LogP) is 2.89. The highest BCUT2D eigenvalue weighted by molar-refractivity contribution is 7.92. The van der Waals surface area contributed by atoms with Gasteiger partial charge in [-0.3, -0.25) is 4.79 Å². The van der Waals surface area contributed by atoms with Gasteiger partial charge in [-0.25, -0.2) is 8.42 Å². The highest BCUT2D eigenvalue weighted by atomic mass is 32.2. The fourth-order valence-corrected chi connectivity index (χ4v) is 3.70. The van der Waals surface area contributed by atoms with Crippen LogP contribution in [0.4, 0.5) is 0 Å². The average molecular weight is 282 g/mol. The third kappa shape index (κ3) is 5.55. The number of ketones is 1.